The summed E-state index contributed by atoms with van der Waals surface area (Å²) in [6.07, 6.45) is 4.69. The first-order valence-corrected chi connectivity index (χ1v) is 7.90. The Bertz CT molecular complexity index is 574. The summed E-state index contributed by atoms with van der Waals surface area (Å²) in [7, 11) is 2.05. The Hall–Kier alpha value is -1.19. The van der Waals surface area contributed by atoms with Gasteiger partial charge in [-0.25, -0.2) is 4.98 Å². The van der Waals surface area contributed by atoms with Crippen LogP contribution in [0.2, 0.25) is 0 Å². The lowest BCUT2D eigenvalue weighted by Gasteiger charge is -2.19. The minimum Gasteiger partial charge on any atom is -0.312 e. The Kier molecular flexibility index (Phi) is 3.67. The molecule has 1 N–H and O–H groups in total. The van der Waals surface area contributed by atoms with Crippen LogP contribution in [-0.4, -0.2) is 12.0 Å². The molecule has 1 aliphatic carbocycles. The Morgan fingerprint density at radius 2 is 2.21 bits per heavy atom. The smallest absolute Gasteiger partial charge is 0.124 e. The van der Waals surface area contributed by atoms with Gasteiger partial charge in [-0.1, -0.05) is 31.2 Å². The average molecular weight is 272 g/mol. The normalized spacial score (nSPS) is 18.3. The van der Waals surface area contributed by atoms with Gasteiger partial charge >= 0.3 is 0 Å². The van der Waals surface area contributed by atoms with E-state index in [0.29, 0.717) is 6.04 Å². The van der Waals surface area contributed by atoms with E-state index in [9.17, 15) is 0 Å². The first kappa shape index (κ1) is 12.8. The number of aryl methyl sites for hydroxylation is 2. The van der Waals surface area contributed by atoms with Crippen LogP contribution in [0.25, 0.3) is 10.6 Å². The Balaban J connectivity index is 2.05. The largest absolute Gasteiger partial charge is 0.312 e. The number of benzene rings is 1. The highest BCUT2D eigenvalue weighted by molar-refractivity contribution is 7.15. The predicted octanol–water partition coefficient (Wildman–Crippen LogP) is 3.97. The molecule has 0 aliphatic heterocycles. The molecule has 2 nitrogen and oxygen atoms in total. The van der Waals surface area contributed by atoms with Crippen molar-refractivity contribution in [2.75, 3.05) is 7.05 Å². The molecule has 19 heavy (non-hydrogen) atoms. The molecule has 0 radical (unpaired) electrons. The molecule has 1 aliphatic rings. The highest BCUT2D eigenvalue weighted by atomic mass is 32.1. The first-order chi connectivity index (χ1) is 9.33. The third kappa shape index (κ3) is 2.33. The maximum Gasteiger partial charge on any atom is 0.124 e. The predicted molar refractivity (Wildman–Crippen MR) is 81.7 cm³/mol. The third-order valence-electron chi connectivity index (χ3n) is 3.93. The number of nitrogens with zero attached hydrogens (tertiary/aromatic N) is 1. The van der Waals surface area contributed by atoms with Crippen molar-refractivity contribution < 1.29 is 0 Å². The number of hydrogen-bond acceptors (Lipinski definition) is 3. The molecule has 1 aromatic heterocycles. The van der Waals surface area contributed by atoms with E-state index in [1.54, 1.807) is 0 Å². The van der Waals surface area contributed by atoms with Crippen molar-refractivity contribution in [1.29, 1.82) is 0 Å². The van der Waals surface area contributed by atoms with Gasteiger partial charge in [-0.2, -0.15) is 0 Å². The van der Waals surface area contributed by atoms with E-state index in [2.05, 4.69) is 43.6 Å². The van der Waals surface area contributed by atoms with Gasteiger partial charge in [-0.3, -0.25) is 0 Å². The van der Waals surface area contributed by atoms with E-state index < -0.39 is 0 Å². The van der Waals surface area contributed by atoms with Crippen LogP contribution in [0.15, 0.2) is 24.3 Å². The summed E-state index contributed by atoms with van der Waals surface area (Å²) in [5.41, 5.74) is 4.03. The summed E-state index contributed by atoms with van der Waals surface area (Å²) >= 11 is 1.88. The number of aromatic nitrogens is 1. The average Bonchev–Trinajstić information content (AvgIpc) is 2.90. The van der Waals surface area contributed by atoms with E-state index >= 15 is 0 Å². The van der Waals surface area contributed by atoms with Gasteiger partial charge in [0.05, 0.1) is 5.69 Å². The molecule has 0 saturated heterocycles. The quantitative estimate of drug-likeness (QED) is 0.914. The van der Waals surface area contributed by atoms with Crippen molar-refractivity contribution in [3.63, 3.8) is 0 Å². The highest BCUT2D eigenvalue weighted by Gasteiger charge is 2.24. The molecule has 1 atom stereocenters. The summed E-state index contributed by atoms with van der Waals surface area (Å²) < 4.78 is 0. The zero-order valence-corrected chi connectivity index (χ0v) is 12.4. The molecule has 0 fully saturated rings. The van der Waals surface area contributed by atoms with Gasteiger partial charge in [0.15, 0.2) is 0 Å². The van der Waals surface area contributed by atoms with Gasteiger partial charge < -0.3 is 5.32 Å². The second kappa shape index (κ2) is 5.43. The summed E-state index contributed by atoms with van der Waals surface area (Å²) in [6.45, 7) is 2.21. The van der Waals surface area contributed by atoms with Gasteiger partial charge in [0, 0.05) is 16.5 Å². The molecule has 0 bridgehead atoms. The summed E-state index contributed by atoms with van der Waals surface area (Å²) in [6, 6.07) is 9.16. The number of fused-ring (bicyclic) bond motifs is 1. The number of hydrogen-bond donors (Lipinski definition) is 1. The zero-order valence-electron chi connectivity index (χ0n) is 11.6. The van der Waals surface area contributed by atoms with Crippen LogP contribution in [0.4, 0.5) is 0 Å². The van der Waals surface area contributed by atoms with Crippen molar-refractivity contribution in [2.24, 2.45) is 0 Å². The fraction of sp³-hybridized carbons (Fsp3) is 0.438. The van der Waals surface area contributed by atoms with Crippen molar-refractivity contribution >= 4 is 11.3 Å². The Labute approximate surface area is 118 Å². The molecule has 100 valence electrons. The topological polar surface area (TPSA) is 24.9 Å². The molecule has 3 heteroatoms. The van der Waals surface area contributed by atoms with Crippen LogP contribution in [0.5, 0.6) is 0 Å². The van der Waals surface area contributed by atoms with Crippen LogP contribution in [0.1, 0.15) is 41.9 Å². The standard InChI is InChI=1S/C16H20N2S/c1-3-11-7-4-5-8-12(11)16-18-14-10-6-9-13(17-2)15(14)19-16/h4-5,7-8,13,17H,3,6,9-10H2,1-2H3. The second-order valence-corrected chi connectivity index (χ2v) is 6.10. The fourth-order valence-corrected chi connectivity index (χ4v) is 4.16. The third-order valence-corrected chi connectivity index (χ3v) is 5.17. The van der Waals surface area contributed by atoms with Gasteiger partial charge in [-0.05, 0) is 38.3 Å². The molecule has 0 saturated carbocycles. The molecule has 1 aromatic carbocycles. The van der Waals surface area contributed by atoms with Crippen LogP contribution >= 0.6 is 11.3 Å². The molecule has 0 spiro atoms. The fourth-order valence-electron chi connectivity index (χ4n) is 2.85. The van der Waals surface area contributed by atoms with Crippen LogP contribution in [0.3, 0.4) is 0 Å². The van der Waals surface area contributed by atoms with Gasteiger partial charge in [0.2, 0.25) is 0 Å². The van der Waals surface area contributed by atoms with E-state index in [0.717, 1.165) is 12.8 Å². The van der Waals surface area contributed by atoms with Crippen LogP contribution in [0, 0.1) is 0 Å². The molecular formula is C16H20N2S. The second-order valence-electron chi connectivity index (χ2n) is 5.07. The number of nitrogens with one attached hydrogen (secondary N) is 1. The summed E-state index contributed by atoms with van der Waals surface area (Å²) in [4.78, 5) is 6.36. The minimum atomic E-state index is 0.504. The van der Waals surface area contributed by atoms with Crippen LogP contribution < -0.4 is 5.32 Å². The molecule has 0 amide bonds. The van der Waals surface area contributed by atoms with Crippen molar-refractivity contribution in [1.82, 2.24) is 10.3 Å². The number of thiazole rings is 1. The SMILES string of the molecule is CCc1ccccc1-c1nc2c(s1)C(NC)CCC2. The molecule has 2 aromatic rings. The molecule has 1 unspecified atom stereocenters. The van der Waals surface area contributed by atoms with Crippen molar-refractivity contribution in [3.05, 3.63) is 40.4 Å². The first-order valence-electron chi connectivity index (χ1n) is 7.08. The van der Waals surface area contributed by atoms with Gasteiger partial charge in [-0.15, -0.1) is 11.3 Å². The van der Waals surface area contributed by atoms with E-state index in [1.807, 2.05) is 11.3 Å². The Morgan fingerprint density at radius 3 is 3.00 bits per heavy atom. The van der Waals surface area contributed by atoms with Crippen molar-refractivity contribution in [2.45, 2.75) is 38.6 Å². The highest BCUT2D eigenvalue weighted by Crippen LogP contribution is 2.38. The van der Waals surface area contributed by atoms with E-state index in [4.69, 9.17) is 4.98 Å². The lowest BCUT2D eigenvalue weighted by Crippen LogP contribution is -2.19. The summed E-state index contributed by atoms with van der Waals surface area (Å²) in [5.74, 6) is 0. The molecule has 3 rings (SSSR count). The zero-order chi connectivity index (χ0) is 13.2. The van der Waals surface area contributed by atoms with E-state index in [1.165, 1.54) is 39.5 Å². The Morgan fingerprint density at radius 1 is 1.37 bits per heavy atom. The van der Waals surface area contributed by atoms with Gasteiger partial charge in [0.25, 0.3) is 0 Å². The van der Waals surface area contributed by atoms with Crippen LogP contribution in [-0.2, 0) is 12.8 Å². The van der Waals surface area contributed by atoms with E-state index in [-0.39, 0.29) is 0 Å². The number of rotatable bonds is 3. The maximum absolute atomic E-state index is 4.91. The van der Waals surface area contributed by atoms with Gasteiger partial charge in [0.1, 0.15) is 5.01 Å². The lowest BCUT2D eigenvalue weighted by atomic mass is 9.98. The minimum absolute atomic E-state index is 0.504. The molecular weight excluding hydrogens is 252 g/mol. The monoisotopic (exact) mass is 272 g/mol. The van der Waals surface area contributed by atoms with Crippen molar-refractivity contribution in [3.8, 4) is 10.6 Å². The lowest BCUT2D eigenvalue weighted by molar-refractivity contribution is 0.501. The molecule has 1 heterocycles. The summed E-state index contributed by atoms with van der Waals surface area (Å²) in [5, 5.41) is 4.62. The maximum atomic E-state index is 4.91.